The molecule has 0 aliphatic carbocycles. The fourth-order valence-electron chi connectivity index (χ4n) is 2.36. The van der Waals surface area contributed by atoms with Crippen LogP contribution in [0, 0.1) is 6.92 Å². The smallest absolute Gasteiger partial charge is 0.232 e. The van der Waals surface area contributed by atoms with Crippen LogP contribution >= 0.6 is 0 Å². The predicted octanol–water partition coefficient (Wildman–Crippen LogP) is 2.59. The van der Waals surface area contributed by atoms with Gasteiger partial charge in [0.2, 0.25) is 5.89 Å². The third-order valence-electron chi connectivity index (χ3n) is 3.93. The van der Waals surface area contributed by atoms with E-state index in [1.165, 1.54) is 5.56 Å². The zero-order chi connectivity index (χ0) is 19.2. The monoisotopic (exact) mass is 359 g/mol. The highest BCUT2D eigenvalue weighted by Gasteiger charge is 2.21. The number of methoxy groups -OCH3 is 1. The largest absolute Gasteiger partial charge is 0.496 e. The molecule has 0 aliphatic heterocycles. The minimum Gasteiger partial charge on any atom is -0.496 e. The van der Waals surface area contributed by atoms with Crippen LogP contribution in [0.4, 0.5) is 0 Å². The number of benzene rings is 1. The second-order valence-electron chi connectivity index (χ2n) is 7.17. The molecule has 2 aromatic rings. The van der Waals surface area contributed by atoms with Gasteiger partial charge in [0.15, 0.2) is 11.8 Å². The molecule has 0 radical (unpaired) electrons. The van der Waals surface area contributed by atoms with Crippen molar-refractivity contribution in [1.29, 1.82) is 0 Å². The SMILES string of the molecule is CN=C(NCCc1ccc(C)c(OC)c1)NCc1noc(C(C)(C)C)n1. The van der Waals surface area contributed by atoms with Gasteiger partial charge in [-0.15, -0.1) is 0 Å². The van der Waals surface area contributed by atoms with Crippen molar-refractivity contribution in [3.63, 3.8) is 0 Å². The molecule has 0 saturated heterocycles. The minimum atomic E-state index is -0.153. The maximum Gasteiger partial charge on any atom is 0.232 e. The van der Waals surface area contributed by atoms with E-state index in [9.17, 15) is 0 Å². The van der Waals surface area contributed by atoms with Crippen molar-refractivity contribution in [2.75, 3.05) is 20.7 Å². The topological polar surface area (TPSA) is 84.6 Å². The molecule has 0 aliphatic rings. The Hall–Kier alpha value is -2.57. The molecule has 0 atom stereocenters. The van der Waals surface area contributed by atoms with E-state index >= 15 is 0 Å². The molecule has 1 heterocycles. The number of aliphatic imine (C=N–C) groups is 1. The van der Waals surface area contributed by atoms with Crippen LogP contribution in [0.5, 0.6) is 5.75 Å². The number of ether oxygens (including phenoxy) is 1. The van der Waals surface area contributed by atoms with Crippen LogP contribution in [-0.2, 0) is 18.4 Å². The van der Waals surface area contributed by atoms with Gasteiger partial charge < -0.3 is 19.9 Å². The summed E-state index contributed by atoms with van der Waals surface area (Å²) in [5.41, 5.74) is 2.19. The van der Waals surface area contributed by atoms with Crippen molar-refractivity contribution in [3.05, 3.63) is 41.0 Å². The van der Waals surface area contributed by atoms with Crippen molar-refractivity contribution >= 4 is 5.96 Å². The zero-order valence-corrected chi connectivity index (χ0v) is 16.5. The number of guanidine groups is 1. The summed E-state index contributed by atoms with van der Waals surface area (Å²) in [7, 11) is 3.43. The van der Waals surface area contributed by atoms with E-state index in [0.29, 0.717) is 24.2 Å². The summed E-state index contributed by atoms with van der Waals surface area (Å²) in [5, 5.41) is 10.5. The molecular weight excluding hydrogens is 330 g/mol. The lowest BCUT2D eigenvalue weighted by molar-refractivity contribution is 0.318. The Balaban J connectivity index is 1.82. The van der Waals surface area contributed by atoms with Crippen LogP contribution in [0.25, 0.3) is 0 Å². The lowest BCUT2D eigenvalue weighted by Gasteiger charge is -2.12. The third-order valence-corrected chi connectivity index (χ3v) is 3.93. The van der Waals surface area contributed by atoms with Crippen molar-refractivity contribution < 1.29 is 9.26 Å². The van der Waals surface area contributed by atoms with Gasteiger partial charge in [-0.1, -0.05) is 38.1 Å². The Kier molecular flexibility index (Phi) is 6.60. The summed E-state index contributed by atoms with van der Waals surface area (Å²) in [6, 6.07) is 6.26. The molecule has 0 spiro atoms. The van der Waals surface area contributed by atoms with Crippen molar-refractivity contribution in [2.24, 2.45) is 4.99 Å². The van der Waals surface area contributed by atoms with Crippen molar-refractivity contribution in [1.82, 2.24) is 20.8 Å². The molecule has 0 bridgehead atoms. The number of aryl methyl sites for hydroxylation is 1. The molecule has 26 heavy (non-hydrogen) atoms. The summed E-state index contributed by atoms with van der Waals surface area (Å²) in [5.74, 6) is 2.86. The Morgan fingerprint density at radius 2 is 2.04 bits per heavy atom. The highest BCUT2D eigenvalue weighted by Crippen LogP contribution is 2.20. The Bertz CT molecular complexity index is 747. The van der Waals surface area contributed by atoms with E-state index in [1.54, 1.807) is 14.2 Å². The molecule has 142 valence electrons. The second kappa shape index (κ2) is 8.69. The number of hydrogen-bond acceptors (Lipinski definition) is 5. The van der Waals surface area contributed by atoms with E-state index in [4.69, 9.17) is 9.26 Å². The molecule has 7 heteroatoms. The first-order valence-corrected chi connectivity index (χ1v) is 8.74. The average molecular weight is 359 g/mol. The predicted molar refractivity (Wildman–Crippen MR) is 103 cm³/mol. The van der Waals surface area contributed by atoms with E-state index < -0.39 is 0 Å². The summed E-state index contributed by atoms with van der Waals surface area (Å²) >= 11 is 0. The molecule has 0 unspecified atom stereocenters. The first-order valence-electron chi connectivity index (χ1n) is 8.74. The van der Waals surface area contributed by atoms with Gasteiger partial charge in [0.05, 0.1) is 13.7 Å². The van der Waals surface area contributed by atoms with Crippen LogP contribution < -0.4 is 15.4 Å². The number of aromatic nitrogens is 2. The van der Waals surface area contributed by atoms with Gasteiger partial charge in [-0.2, -0.15) is 4.98 Å². The standard InChI is InChI=1S/C19H29N5O2/c1-13-7-8-14(11-15(13)25-6)9-10-21-18(20-5)22-12-16-23-17(26-24-16)19(2,3)4/h7-8,11H,9-10,12H2,1-6H3,(H2,20,21,22). The number of nitrogens with one attached hydrogen (secondary N) is 2. The molecule has 2 N–H and O–H groups in total. The Morgan fingerprint density at radius 3 is 2.65 bits per heavy atom. The average Bonchev–Trinajstić information content (AvgIpc) is 3.08. The number of hydrogen-bond donors (Lipinski definition) is 2. The molecule has 1 aromatic carbocycles. The lowest BCUT2D eigenvalue weighted by atomic mass is 9.97. The molecule has 0 amide bonds. The lowest BCUT2D eigenvalue weighted by Crippen LogP contribution is -2.38. The molecular formula is C19H29N5O2. The van der Waals surface area contributed by atoms with Gasteiger partial charge in [-0.3, -0.25) is 4.99 Å². The van der Waals surface area contributed by atoms with Gasteiger partial charge in [0, 0.05) is 19.0 Å². The fraction of sp³-hybridized carbons (Fsp3) is 0.526. The van der Waals surface area contributed by atoms with Gasteiger partial charge >= 0.3 is 0 Å². The quantitative estimate of drug-likeness (QED) is 0.609. The molecule has 0 fully saturated rings. The Labute approximate surface area is 155 Å². The molecule has 0 saturated carbocycles. The highest BCUT2D eigenvalue weighted by atomic mass is 16.5. The summed E-state index contributed by atoms with van der Waals surface area (Å²) in [4.78, 5) is 8.63. The summed E-state index contributed by atoms with van der Waals surface area (Å²) in [6.45, 7) is 9.37. The Morgan fingerprint density at radius 1 is 1.27 bits per heavy atom. The van der Waals surface area contributed by atoms with E-state index in [2.05, 4.69) is 44.0 Å². The maximum atomic E-state index is 5.37. The minimum absolute atomic E-state index is 0.153. The van der Waals surface area contributed by atoms with E-state index in [-0.39, 0.29) is 5.41 Å². The fourth-order valence-corrected chi connectivity index (χ4v) is 2.36. The van der Waals surface area contributed by atoms with E-state index in [1.807, 2.05) is 27.7 Å². The van der Waals surface area contributed by atoms with Gasteiger partial charge in [-0.05, 0) is 30.5 Å². The summed E-state index contributed by atoms with van der Waals surface area (Å²) in [6.07, 6.45) is 0.869. The van der Waals surface area contributed by atoms with Gasteiger partial charge in [0.25, 0.3) is 0 Å². The van der Waals surface area contributed by atoms with Crippen LogP contribution in [0.15, 0.2) is 27.7 Å². The van der Waals surface area contributed by atoms with Crippen LogP contribution in [0.1, 0.15) is 43.6 Å². The number of nitrogens with zero attached hydrogens (tertiary/aromatic N) is 3. The van der Waals surface area contributed by atoms with Crippen LogP contribution in [0.2, 0.25) is 0 Å². The molecule has 1 aromatic heterocycles. The van der Waals surface area contributed by atoms with Crippen molar-refractivity contribution in [2.45, 2.75) is 46.1 Å². The van der Waals surface area contributed by atoms with E-state index in [0.717, 1.165) is 24.3 Å². The maximum absolute atomic E-state index is 5.37. The summed E-state index contributed by atoms with van der Waals surface area (Å²) < 4.78 is 10.7. The zero-order valence-electron chi connectivity index (χ0n) is 16.5. The second-order valence-corrected chi connectivity index (χ2v) is 7.17. The first kappa shape index (κ1) is 19.8. The molecule has 7 nitrogen and oxygen atoms in total. The number of rotatable bonds is 6. The van der Waals surface area contributed by atoms with Gasteiger partial charge in [0.1, 0.15) is 5.75 Å². The van der Waals surface area contributed by atoms with Crippen LogP contribution in [-0.4, -0.2) is 36.8 Å². The molecule has 2 rings (SSSR count). The van der Waals surface area contributed by atoms with Crippen molar-refractivity contribution in [3.8, 4) is 5.75 Å². The normalized spacial score (nSPS) is 12.2. The highest BCUT2D eigenvalue weighted by molar-refractivity contribution is 5.79. The third kappa shape index (κ3) is 5.47. The van der Waals surface area contributed by atoms with Gasteiger partial charge in [-0.25, -0.2) is 0 Å². The van der Waals surface area contributed by atoms with Crippen LogP contribution in [0.3, 0.4) is 0 Å². The first-order chi connectivity index (χ1) is 12.3.